The second-order valence-electron chi connectivity index (χ2n) is 6.82. The van der Waals surface area contributed by atoms with E-state index in [4.69, 9.17) is 5.73 Å². The Morgan fingerprint density at radius 1 is 1.05 bits per heavy atom. The lowest BCUT2D eigenvalue weighted by Gasteiger charge is -2.50. The topological polar surface area (TPSA) is 32.5 Å². The molecule has 2 fully saturated rings. The maximum Gasteiger partial charge on any atom is 0.0234 e. The second-order valence-corrected chi connectivity index (χ2v) is 6.82. The molecule has 1 aromatic carbocycles. The molecule has 2 saturated heterocycles. The highest BCUT2D eigenvalue weighted by Gasteiger charge is 2.40. The van der Waals surface area contributed by atoms with Crippen LogP contribution in [0.25, 0.3) is 0 Å². The monoisotopic (exact) mass is 273 g/mol. The molecule has 2 heterocycles. The molecule has 2 aliphatic heterocycles. The molecule has 2 bridgehead atoms. The van der Waals surface area contributed by atoms with E-state index >= 15 is 0 Å². The van der Waals surface area contributed by atoms with Crippen molar-refractivity contribution >= 4 is 0 Å². The molecule has 0 aliphatic carbocycles. The van der Waals surface area contributed by atoms with Gasteiger partial charge in [0.1, 0.15) is 0 Å². The average molecular weight is 273 g/mol. The minimum Gasteiger partial charge on any atom is -0.327 e. The molecule has 0 spiro atoms. The molecule has 20 heavy (non-hydrogen) atoms. The predicted molar refractivity (Wildman–Crippen MR) is 83.4 cm³/mol. The van der Waals surface area contributed by atoms with Crippen LogP contribution >= 0.6 is 0 Å². The van der Waals surface area contributed by atoms with E-state index < -0.39 is 0 Å². The van der Waals surface area contributed by atoms with Crippen LogP contribution in [0, 0.1) is 11.8 Å². The molecule has 3 rings (SSSR count). The quantitative estimate of drug-likeness (QED) is 0.911. The summed E-state index contributed by atoms with van der Waals surface area (Å²) in [7, 11) is 0. The van der Waals surface area contributed by atoms with Gasteiger partial charge in [-0.1, -0.05) is 30.3 Å². The number of piperidine rings is 2. The first-order chi connectivity index (χ1) is 9.63. The van der Waals surface area contributed by atoms with Crippen molar-refractivity contribution in [3.05, 3.63) is 35.9 Å². The summed E-state index contributed by atoms with van der Waals surface area (Å²) in [5.74, 6) is 1.27. The highest BCUT2D eigenvalue weighted by atomic mass is 15.2. The van der Waals surface area contributed by atoms with Crippen LogP contribution in [0.15, 0.2) is 30.3 Å². The summed E-state index contributed by atoms with van der Waals surface area (Å²) >= 11 is 0. The Balaban J connectivity index is 1.65. The van der Waals surface area contributed by atoms with E-state index in [2.05, 4.69) is 54.0 Å². The second kappa shape index (κ2) is 5.84. The maximum absolute atomic E-state index is 6.45. The lowest BCUT2D eigenvalue weighted by Crippen LogP contribution is -2.63. The fourth-order valence-corrected chi connectivity index (χ4v) is 3.79. The number of nitrogens with two attached hydrogens (primary N) is 1. The van der Waals surface area contributed by atoms with Crippen molar-refractivity contribution in [2.75, 3.05) is 26.2 Å². The fourth-order valence-electron chi connectivity index (χ4n) is 3.79. The number of fused-ring (bicyclic) bond motifs is 2. The normalized spacial score (nSPS) is 31.7. The van der Waals surface area contributed by atoms with Gasteiger partial charge in [0, 0.05) is 44.8 Å². The van der Waals surface area contributed by atoms with Gasteiger partial charge < -0.3 is 10.6 Å². The van der Waals surface area contributed by atoms with Crippen molar-refractivity contribution in [1.82, 2.24) is 9.80 Å². The Labute approximate surface area is 122 Å². The third kappa shape index (κ3) is 2.90. The molecule has 1 aromatic rings. The molecule has 0 amide bonds. The highest BCUT2D eigenvalue weighted by Crippen LogP contribution is 2.29. The van der Waals surface area contributed by atoms with Gasteiger partial charge in [0.2, 0.25) is 0 Å². The number of nitrogens with zero attached hydrogens (tertiary/aromatic N) is 2. The summed E-state index contributed by atoms with van der Waals surface area (Å²) in [6.07, 6.45) is 0. The van der Waals surface area contributed by atoms with E-state index in [9.17, 15) is 0 Å². The lowest BCUT2D eigenvalue weighted by atomic mass is 9.79. The molecule has 3 nitrogen and oxygen atoms in total. The van der Waals surface area contributed by atoms with Crippen molar-refractivity contribution in [3.63, 3.8) is 0 Å². The number of rotatable bonds is 3. The highest BCUT2D eigenvalue weighted by molar-refractivity contribution is 5.15. The van der Waals surface area contributed by atoms with E-state index in [0.717, 1.165) is 19.6 Å². The van der Waals surface area contributed by atoms with Gasteiger partial charge in [-0.15, -0.1) is 0 Å². The van der Waals surface area contributed by atoms with Gasteiger partial charge in [-0.25, -0.2) is 0 Å². The first-order valence-electron chi connectivity index (χ1n) is 7.89. The molecule has 0 saturated carbocycles. The van der Waals surface area contributed by atoms with Crippen LogP contribution in [0.2, 0.25) is 0 Å². The molecule has 0 aromatic heterocycles. The van der Waals surface area contributed by atoms with Crippen LogP contribution in [0.5, 0.6) is 0 Å². The standard InChI is InChI=1S/C17H27N3/c1-13(2)20-11-15-9-19(10-16(12-20)17(15)18)8-14-6-4-3-5-7-14/h3-7,13,15-17H,8-12,18H2,1-2H3. The first kappa shape index (κ1) is 14.1. The molecular formula is C17H27N3. The molecule has 3 heteroatoms. The van der Waals surface area contributed by atoms with Crippen molar-refractivity contribution in [1.29, 1.82) is 0 Å². The van der Waals surface area contributed by atoms with Crippen molar-refractivity contribution < 1.29 is 0 Å². The van der Waals surface area contributed by atoms with E-state index in [0.29, 0.717) is 23.9 Å². The van der Waals surface area contributed by atoms with Crippen LogP contribution in [-0.4, -0.2) is 48.1 Å². The first-order valence-corrected chi connectivity index (χ1v) is 7.89. The van der Waals surface area contributed by atoms with Gasteiger partial charge in [0.25, 0.3) is 0 Å². The van der Waals surface area contributed by atoms with E-state index in [-0.39, 0.29) is 0 Å². The number of likely N-dealkylation sites (tertiary alicyclic amines) is 2. The van der Waals surface area contributed by atoms with E-state index in [1.807, 2.05) is 0 Å². The van der Waals surface area contributed by atoms with Crippen molar-refractivity contribution in [3.8, 4) is 0 Å². The molecule has 2 aliphatic rings. The smallest absolute Gasteiger partial charge is 0.0234 e. The van der Waals surface area contributed by atoms with Gasteiger partial charge in [0.15, 0.2) is 0 Å². The zero-order chi connectivity index (χ0) is 14.1. The van der Waals surface area contributed by atoms with Crippen molar-refractivity contribution in [2.24, 2.45) is 17.6 Å². The Bertz CT molecular complexity index is 415. The maximum atomic E-state index is 6.45. The lowest BCUT2D eigenvalue weighted by molar-refractivity contribution is -0.00234. The minimum absolute atomic E-state index is 0.400. The molecule has 2 unspecified atom stereocenters. The summed E-state index contributed by atoms with van der Waals surface area (Å²) in [6, 6.07) is 11.9. The van der Waals surface area contributed by atoms with Crippen LogP contribution in [-0.2, 0) is 6.54 Å². The van der Waals surface area contributed by atoms with Gasteiger partial charge in [-0.2, -0.15) is 0 Å². The summed E-state index contributed by atoms with van der Waals surface area (Å²) in [5, 5.41) is 0. The van der Waals surface area contributed by atoms with Gasteiger partial charge in [0.05, 0.1) is 0 Å². The molecular weight excluding hydrogens is 246 g/mol. The van der Waals surface area contributed by atoms with Gasteiger partial charge in [-0.3, -0.25) is 4.90 Å². The van der Waals surface area contributed by atoms with Crippen LogP contribution in [0.1, 0.15) is 19.4 Å². The summed E-state index contributed by atoms with van der Waals surface area (Å²) in [6.45, 7) is 10.3. The van der Waals surface area contributed by atoms with Gasteiger partial charge in [-0.05, 0) is 31.2 Å². The summed E-state index contributed by atoms with van der Waals surface area (Å²) < 4.78 is 0. The third-order valence-corrected chi connectivity index (χ3v) is 4.99. The number of hydrogen-bond donors (Lipinski definition) is 1. The average Bonchev–Trinajstić information content (AvgIpc) is 2.40. The Hall–Kier alpha value is -0.900. The SMILES string of the molecule is CC(C)N1CC2CN(Cc3ccccc3)CC(C1)C2N. The molecule has 2 N–H and O–H groups in total. The Kier molecular flexibility index (Phi) is 4.11. The molecule has 110 valence electrons. The van der Waals surface area contributed by atoms with Crippen LogP contribution in [0.4, 0.5) is 0 Å². The van der Waals surface area contributed by atoms with E-state index in [1.54, 1.807) is 0 Å². The van der Waals surface area contributed by atoms with Gasteiger partial charge >= 0.3 is 0 Å². The van der Waals surface area contributed by atoms with E-state index in [1.165, 1.54) is 18.7 Å². The zero-order valence-corrected chi connectivity index (χ0v) is 12.7. The predicted octanol–water partition coefficient (Wildman–Crippen LogP) is 1.79. The number of benzene rings is 1. The Morgan fingerprint density at radius 2 is 1.65 bits per heavy atom. The zero-order valence-electron chi connectivity index (χ0n) is 12.7. The van der Waals surface area contributed by atoms with Crippen molar-refractivity contribution in [2.45, 2.75) is 32.5 Å². The molecule has 2 atom stereocenters. The van der Waals surface area contributed by atoms with Crippen LogP contribution < -0.4 is 5.73 Å². The van der Waals surface area contributed by atoms with Crippen LogP contribution in [0.3, 0.4) is 0 Å². The Morgan fingerprint density at radius 3 is 2.20 bits per heavy atom. The minimum atomic E-state index is 0.400. The number of hydrogen-bond acceptors (Lipinski definition) is 3. The summed E-state index contributed by atoms with van der Waals surface area (Å²) in [5.41, 5.74) is 7.87. The third-order valence-electron chi connectivity index (χ3n) is 4.99. The summed E-state index contributed by atoms with van der Waals surface area (Å²) in [4.78, 5) is 5.21. The fraction of sp³-hybridized carbons (Fsp3) is 0.647. The molecule has 0 radical (unpaired) electrons. The largest absolute Gasteiger partial charge is 0.327 e.